The highest BCUT2D eigenvalue weighted by atomic mass is 16.2. The van der Waals surface area contributed by atoms with Crippen molar-refractivity contribution in [1.82, 2.24) is 5.32 Å². The number of carbonyl (C=O) groups is 2. The lowest BCUT2D eigenvalue weighted by Crippen LogP contribution is -2.37. The summed E-state index contributed by atoms with van der Waals surface area (Å²) in [7, 11) is 0. The molecule has 0 aliphatic carbocycles. The van der Waals surface area contributed by atoms with E-state index in [0.29, 0.717) is 13.0 Å². The van der Waals surface area contributed by atoms with Crippen LogP contribution in [0.1, 0.15) is 39.7 Å². The number of amides is 2. The molecule has 0 aromatic heterocycles. The molecule has 0 unspecified atom stereocenters. The summed E-state index contributed by atoms with van der Waals surface area (Å²) in [4.78, 5) is 22.9. The molecule has 2 amide bonds. The third-order valence-electron chi connectivity index (χ3n) is 2.83. The zero-order valence-electron chi connectivity index (χ0n) is 13.5. The Morgan fingerprint density at radius 2 is 1.81 bits per heavy atom. The van der Waals surface area contributed by atoms with Crippen molar-refractivity contribution in [2.24, 2.45) is 0 Å². The second-order valence-electron chi connectivity index (χ2n) is 6.19. The van der Waals surface area contributed by atoms with E-state index in [4.69, 9.17) is 0 Å². The highest BCUT2D eigenvalue weighted by molar-refractivity contribution is 5.93. The normalized spacial score (nSPS) is 11.1. The van der Waals surface area contributed by atoms with E-state index in [1.165, 1.54) is 6.92 Å². The smallest absolute Gasteiger partial charge is 0.225 e. The van der Waals surface area contributed by atoms with E-state index in [0.717, 1.165) is 16.9 Å². The Bertz CT molecular complexity index is 519. The summed E-state index contributed by atoms with van der Waals surface area (Å²) in [5.74, 6) is -0.137. The summed E-state index contributed by atoms with van der Waals surface area (Å²) in [6.45, 7) is 10.2. The minimum Gasteiger partial charge on any atom is -0.326 e. The molecule has 5 heteroatoms. The Labute approximate surface area is 126 Å². The van der Waals surface area contributed by atoms with Crippen LogP contribution in [0.15, 0.2) is 18.2 Å². The lowest BCUT2D eigenvalue weighted by atomic mass is 10.1. The summed E-state index contributed by atoms with van der Waals surface area (Å²) >= 11 is 0. The number of nitrogens with one attached hydrogen (secondary N) is 3. The van der Waals surface area contributed by atoms with Gasteiger partial charge in [-0.1, -0.05) is 0 Å². The van der Waals surface area contributed by atoms with Crippen molar-refractivity contribution in [3.8, 4) is 0 Å². The van der Waals surface area contributed by atoms with E-state index in [1.807, 2.05) is 13.0 Å². The molecule has 0 saturated carbocycles. The minimum absolute atomic E-state index is 0.0108. The van der Waals surface area contributed by atoms with E-state index in [9.17, 15) is 9.59 Å². The molecule has 0 heterocycles. The van der Waals surface area contributed by atoms with Crippen LogP contribution in [0.4, 0.5) is 11.4 Å². The van der Waals surface area contributed by atoms with Gasteiger partial charge >= 0.3 is 0 Å². The summed E-state index contributed by atoms with van der Waals surface area (Å²) in [5, 5.41) is 8.87. The van der Waals surface area contributed by atoms with E-state index >= 15 is 0 Å². The van der Waals surface area contributed by atoms with Crippen LogP contribution in [0.5, 0.6) is 0 Å². The number of rotatable bonds is 5. The molecule has 0 bridgehead atoms. The molecule has 0 spiro atoms. The molecule has 3 N–H and O–H groups in total. The molecule has 1 aromatic carbocycles. The Balaban J connectivity index is 2.53. The topological polar surface area (TPSA) is 70.2 Å². The summed E-state index contributed by atoms with van der Waals surface area (Å²) in [6, 6.07) is 5.42. The van der Waals surface area contributed by atoms with E-state index in [1.54, 1.807) is 12.1 Å². The molecule has 21 heavy (non-hydrogen) atoms. The zero-order valence-corrected chi connectivity index (χ0v) is 13.5. The average Bonchev–Trinajstić information content (AvgIpc) is 2.30. The van der Waals surface area contributed by atoms with Crippen molar-refractivity contribution in [2.45, 2.75) is 46.6 Å². The number of anilines is 2. The first kappa shape index (κ1) is 17.2. The third kappa shape index (κ3) is 6.90. The Kier molecular flexibility index (Phi) is 5.90. The van der Waals surface area contributed by atoms with Gasteiger partial charge in [-0.3, -0.25) is 9.59 Å². The first-order valence-electron chi connectivity index (χ1n) is 7.10. The number of carbonyl (C=O) groups excluding carboxylic acids is 2. The van der Waals surface area contributed by atoms with Crippen molar-refractivity contribution in [2.75, 3.05) is 17.2 Å². The molecular formula is C16H25N3O2. The third-order valence-corrected chi connectivity index (χ3v) is 2.83. The number of aryl methyl sites for hydroxylation is 1. The van der Waals surface area contributed by atoms with Crippen molar-refractivity contribution < 1.29 is 9.59 Å². The van der Waals surface area contributed by atoms with Crippen LogP contribution < -0.4 is 16.0 Å². The predicted molar refractivity (Wildman–Crippen MR) is 86.5 cm³/mol. The summed E-state index contributed by atoms with van der Waals surface area (Å²) in [5.41, 5.74) is 2.42. The van der Waals surface area contributed by atoms with Crippen LogP contribution >= 0.6 is 0 Å². The van der Waals surface area contributed by atoms with Crippen molar-refractivity contribution in [3.05, 3.63) is 23.8 Å². The molecule has 0 atom stereocenters. The fourth-order valence-corrected chi connectivity index (χ4v) is 1.85. The van der Waals surface area contributed by atoms with Crippen LogP contribution in [0.3, 0.4) is 0 Å². The van der Waals surface area contributed by atoms with Gasteiger partial charge in [0.25, 0.3) is 0 Å². The zero-order chi connectivity index (χ0) is 16.0. The molecule has 116 valence electrons. The highest BCUT2D eigenvalue weighted by Crippen LogP contribution is 2.19. The Hall–Kier alpha value is -1.88. The molecule has 1 aromatic rings. The highest BCUT2D eigenvalue weighted by Gasteiger charge is 2.10. The molecule has 0 aliphatic rings. The van der Waals surface area contributed by atoms with E-state index < -0.39 is 0 Å². The molecule has 0 fully saturated rings. The van der Waals surface area contributed by atoms with Gasteiger partial charge in [0.2, 0.25) is 11.8 Å². The largest absolute Gasteiger partial charge is 0.326 e. The van der Waals surface area contributed by atoms with E-state index in [-0.39, 0.29) is 17.4 Å². The minimum atomic E-state index is -0.108. The maximum absolute atomic E-state index is 11.9. The first-order valence-corrected chi connectivity index (χ1v) is 7.10. The van der Waals surface area contributed by atoms with Gasteiger partial charge in [0.15, 0.2) is 0 Å². The quantitative estimate of drug-likeness (QED) is 0.781. The number of hydrogen-bond donors (Lipinski definition) is 3. The van der Waals surface area contributed by atoms with Crippen LogP contribution in [-0.4, -0.2) is 23.9 Å². The lowest BCUT2D eigenvalue weighted by Gasteiger charge is -2.20. The van der Waals surface area contributed by atoms with Gasteiger partial charge in [0, 0.05) is 36.8 Å². The Morgan fingerprint density at radius 1 is 1.14 bits per heavy atom. The van der Waals surface area contributed by atoms with Crippen LogP contribution in [0, 0.1) is 6.92 Å². The van der Waals surface area contributed by atoms with Gasteiger partial charge in [0.05, 0.1) is 0 Å². The standard InChI is InChI=1S/C16H25N3O2/c1-11-10-13(6-7-14(11)18-12(2)20)19-15(21)8-9-17-16(3,4)5/h6-7,10,17H,8-9H2,1-5H3,(H,18,20)(H,19,21). The predicted octanol–water partition coefficient (Wildman–Crippen LogP) is 2.67. The van der Waals surface area contributed by atoms with Gasteiger partial charge in [-0.2, -0.15) is 0 Å². The Morgan fingerprint density at radius 3 is 2.33 bits per heavy atom. The molecule has 1 rings (SSSR count). The molecule has 5 nitrogen and oxygen atoms in total. The number of hydrogen-bond acceptors (Lipinski definition) is 3. The van der Waals surface area contributed by atoms with Crippen LogP contribution in [0.25, 0.3) is 0 Å². The van der Waals surface area contributed by atoms with Gasteiger partial charge < -0.3 is 16.0 Å². The van der Waals surface area contributed by atoms with Gasteiger partial charge in [0.1, 0.15) is 0 Å². The van der Waals surface area contributed by atoms with Crippen LogP contribution in [0.2, 0.25) is 0 Å². The van der Waals surface area contributed by atoms with Gasteiger partial charge in [-0.25, -0.2) is 0 Å². The molecule has 0 aliphatic heterocycles. The van der Waals surface area contributed by atoms with Crippen molar-refractivity contribution >= 4 is 23.2 Å². The maximum Gasteiger partial charge on any atom is 0.225 e. The first-order chi connectivity index (χ1) is 9.67. The monoisotopic (exact) mass is 291 g/mol. The average molecular weight is 291 g/mol. The van der Waals surface area contributed by atoms with Crippen molar-refractivity contribution in [3.63, 3.8) is 0 Å². The van der Waals surface area contributed by atoms with Gasteiger partial charge in [-0.15, -0.1) is 0 Å². The SMILES string of the molecule is CC(=O)Nc1ccc(NC(=O)CCNC(C)(C)C)cc1C. The van der Waals surface area contributed by atoms with Crippen LogP contribution in [-0.2, 0) is 9.59 Å². The molecule has 0 saturated heterocycles. The number of benzene rings is 1. The molecule has 0 radical (unpaired) electrons. The fourth-order valence-electron chi connectivity index (χ4n) is 1.85. The van der Waals surface area contributed by atoms with E-state index in [2.05, 4.69) is 36.7 Å². The van der Waals surface area contributed by atoms with Gasteiger partial charge in [-0.05, 0) is 51.5 Å². The summed E-state index contributed by atoms with van der Waals surface area (Å²) in [6.07, 6.45) is 0.420. The fraction of sp³-hybridized carbons (Fsp3) is 0.500. The maximum atomic E-state index is 11.9. The molecular weight excluding hydrogens is 266 g/mol. The summed E-state index contributed by atoms with van der Waals surface area (Å²) < 4.78 is 0. The second kappa shape index (κ2) is 7.22. The van der Waals surface area contributed by atoms with Crippen molar-refractivity contribution in [1.29, 1.82) is 0 Å². The lowest BCUT2D eigenvalue weighted by molar-refractivity contribution is -0.116. The second-order valence-corrected chi connectivity index (χ2v) is 6.19.